The van der Waals surface area contributed by atoms with Crippen molar-refractivity contribution in [2.45, 2.75) is 32.1 Å². The van der Waals surface area contributed by atoms with Crippen molar-refractivity contribution in [3.8, 4) is 0 Å². The number of nitrogens with two attached hydrogens (primary N) is 1. The smallest absolute Gasteiger partial charge is 0.240 e. The fourth-order valence-electron chi connectivity index (χ4n) is 1.03. The van der Waals surface area contributed by atoms with E-state index in [1.807, 2.05) is 6.92 Å². The van der Waals surface area contributed by atoms with Gasteiger partial charge < -0.3 is 10.6 Å². The van der Waals surface area contributed by atoms with Gasteiger partial charge in [-0.3, -0.25) is 4.79 Å². The average molecular weight is 251 g/mol. The van der Waals surface area contributed by atoms with Crippen LogP contribution >= 0.6 is 0 Å². The monoisotopic (exact) mass is 251 g/mol. The van der Waals surface area contributed by atoms with Crippen molar-refractivity contribution in [2.24, 2.45) is 5.73 Å². The first kappa shape index (κ1) is 15.3. The molecule has 0 aliphatic carbocycles. The molecule has 0 saturated heterocycles. The minimum absolute atomic E-state index is 0.0276. The number of sulfonamides is 1. The van der Waals surface area contributed by atoms with Crippen molar-refractivity contribution < 1.29 is 13.2 Å². The average Bonchev–Trinajstić information content (AvgIpc) is 2.24. The van der Waals surface area contributed by atoms with Crippen molar-refractivity contribution in [1.82, 2.24) is 9.62 Å². The summed E-state index contributed by atoms with van der Waals surface area (Å²) in [6.07, 6.45) is 0. The van der Waals surface area contributed by atoms with Gasteiger partial charge in [0.2, 0.25) is 15.9 Å². The van der Waals surface area contributed by atoms with Crippen LogP contribution in [0.1, 0.15) is 20.8 Å². The number of carbonyl (C=O) groups excluding carboxylic acids is 1. The number of nitrogens with one attached hydrogen (secondary N) is 1. The van der Waals surface area contributed by atoms with Crippen LogP contribution in [-0.4, -0.2) is 50.7 Å². The molecule has 3 N–H and O–H groups in total. The molecule has 0 aromatic rings. The molecule has 16 heavy (non-hydrogen) atoms. The Morgan fingerprint density at radius 2 is 1.94 bits per heavy atom. The molecule has 0 aromatic carbocycles. The third-order valence-electron chi connectivity index (χ3n) is 2.42. The van der Waals surface area contributed by atoms with Gasteiger partial charge in [0.15, 0.2) is 0 Å². The Hall–Kier alpha value is -0.660. The molecule has 0 saturated carbocycles. The summed E-state index contributed by atoms with van der Waals surface area (Å²) in [4.78, 5) is 13.1. The zero-order valence-corrected chi connectivity index (χ0v) is 11.0. The highest BCUT2D eigenvalue weighted by molar-refractivity contribution is 7.90. The fourth-order valence-corrected chi connectivity index (χ4v) is 2.11. The Labute approximate surface area is 97.2 Å². The van der Waals surface area contributed by atoms with E-state index in [2.05, 4.69) is 4.72 Å². The molecule has 0 fully saturated rings. The van der Waals surface area contributed by atoms with Crippen LogP contribution < -0.4 is 10.5 Å². The quantitative estimate of drug-likeness (QED) is 0.641. The van der Waals surface area contributed by atoms with Gasteiger partial charge >= 0.3 is 0 Å². The molecule has 2 unspecified atom stereocenters. The Balaban J connectivity index is 4.57. The van der Waals surface area contributed by atoms with Gasteiger partial charge in [-0.1, -0.05) is 0 Å². The van der Waals surface area contributed by atoms with Gasteiger partial charge in [0.25, 0.3) is 0 Å². The molecule has 96 valence electrons. The second kappa shape index (κ2) is 6.17. The van der Waals surface area contributed by atoms with E-state index < -0.39 is 21.3 Å². The first-order chi connectivity index (χ1) is 7.26. The molecule has 2 atom stereocenters. The standard InChI is InChI=1S/C9H21N3O3S/c1-5-12(4)9(13)8(3)11-16(14,15)7(2)6-10/h7-8,11H,5-6,10H2,1-4H3. The van der Waals surface area contributed by atoms with E-state index in [4.69, 9.17) is 5.73 Å². The number of amides is 1. The molecular formula is C9H21N3O3S. The molecule has 1 amide bonds. The summed E-state index contributed by atoms with van der Waals surface area (Å²) >= 11 is 0. The zero-order valence-electron chi connectivity index (χ0n) is 10.2. The van der Waals surface area contributed by atoms with E-state index in [9.17, 15) is 13.2 Å². The van der Waals surface area contributed by atoms with Crippen molar-refractivity contribution in [3.05, 3.63) is 0 Å². The van der Waals surface area contributed by atoms with E-state index in [1.165, 1.54) is 18.7 Å². The lowest BCUT2D eigenvalue weighted by Gasteiger charge is -2.21. The largest absolute Gasteiger partial charge is 0.345 e. The van der Waals surface area contributed by atoms with Gasteiger partial charge in [-0.05, 0) is 20.8 Å². The molecule has 0 aliphatic rings. The van der Waals surface area contributed by atoms with Crippen molar-refractivity contribution in [2.75, 3.05) is 20.1 Å². The molecule has 0 spiro atoms. The number of likely N-dealkylation sites (N-methyl/N-ethyl adjacent to an activating group) is 1. The van der Waals surface area contributed by atoms with E-state index in [-0.39, 0.29) is 12.5 Å². The lowest BCUT2D eigenvalue weighted by atomic mass is 10.3. The maximum atomic E-state index is 11.6. The number of nitrogens with zero attached hydrogens (tertiary/aromatic N) is 1. The third kappa shape index (κ3) is 4.07. The topological polar surface area (TPSA) is 92.5 Å². The number of rotatable bonds is 6. The minimum atomic E-state index is -3.52. The molecule has 0 heterocycles. The molecule has 6 nitrogen and oxygen atoms in total. The Kier molecular flexibility index (Phi) is 5.91. The first-order valence-electron chi connectivity index (χ1n) is 5.22. The highest BCUT2D eigenvalue weighted by Crippen LogP contribution is 2.00. The number of hydrogen-bond acceptors (Lipinski definition) is 4. The second-order valence-corrected chi connectivity index (χ2v) is 5.91. The summed E-state index contributed by atoms with van der Waals surface area (Å²) in [5, 5.41) is -0.699. The van der Waals surface area contributed by atoms with Crippen LogP contribution in [0.3, 0.4) is 0 Å². The lowest BCUT2D eigenvalue weighted by Crippen LogP contribution is -2.48. The zero-order chi connectivity index (χ0) is 12.9. The van der Waals surface area contributed by atoms with Crippen molar-refractivity contribution in [3.63, 3.8) is 0 Å². The molecule has 7 heteroatoms. The predicted molar refractivity (Wildman–Crippen MR) is 63.3 cm³/mol. The first-order valence-corrected chi connectivity index (χ1v) is 6.77. The van der Waals surface area contributed by atoms with Crippen LogP contribution in [0.2, 0.25) is 0 Å². The van der Waals surface area contributed by atoms with Crippen LogP contribution in [0, 0.1) is 0 Å². The van der Waals surface area contributed by atoms with Gasteiger partial charge in [0.1, 0.15) is 0 Å². The number of carbonyl (C=O) groups is 1. The molecule has 0 aromatic heterocycles. The van der Waals surface area contributed by atoms with Crippen LogP contribution in [0.15, 0.2) is 0 Å². The minimum Gasteiger partial charge on any atom is -0.345 e. The van der Waals surface area contributed by atoms with Gasteiger partial charge in [0, 0.05) is 20.1 Å². The summed E-state index contributed by atoms with van der Waals surface area (Å²) < 4.78 is 25.6. The van der Waals surface area contributed by atoms with E-state index in [0.717, 1.165) is 0 Å². The summed E-state index contributed by atoms with van der Waals surface area (Å²) in [5.74, 6) is -0.254. The van der Waals surface area contributed by atoms with E-state index >= 15 is 0 Å². The van der Waals surface area contributed by atoms with Crippen LogP contribution in [0.25, 0.3) is 0 Å². The van der Waals surface area contributed by atoms with Gasteiger partial charge in [0.05, 0.1) is 11.3 Å². The highest BCUT2D eigenvalue weighted by atomic mass is 32.2. The molecule has 0 bridgehead atoms. The summed E-state index contributed by atoms with van der Waals surface area (Å²) in [6.45, 7) is 5.41. The van der Waals surface area contributed by atoms with E-state index in [0.29, 0.717) is 6.54 Å². The third-order valence-corrected chi connectivity index (χ3v) is 4.36. The molecule has 0 aliphatic heterocycles. The van der Waals surface area contributed by atoms with Gasteiger partial charge in [-0.2, -0.15) is 0 Å². The second-order valence-electron chi connectivity index (χ2n) is 3.78. The van der Waals surface area contributed by atoms with Gasteiger partial charge in [-0.25, -0.2) is 13.1 Å². The molecular weight excluding hydrogens is 230 g/mol. The molecule has 0 rings (SSSR count). The normalized spacial score (nSPS) is 15.6. The number of hydrogen-bond donors (Lipinski definition) is 2. The fraction of sp³-hybridized carbons (Fsp3) is 0.889. The van der Waals surface area contributed by atoms with Crippen molar-refractivity contribution in [1.29, 1.82) is 0 Å². The summed E-state index contributed by atoms with van der Waals surface area (Å²) in [5.41, 5.74) is 5.28. The van der Waals surface area contributed by atoms with Crippen LogP contribution in [0.4, 0.5) is 0 Å². The SMILES string of the molecule is CCN(C)C(=O)C(C)NS(=O)(=O)C(C)CN. The maximum absolute atomic E-state index is 11.6. The summed E-state index contributed by atoms with van der Waals surface area (Å²) in [6, 6.07) is -0.760. The predicted octanol–water partition coefficient (Wildman–Crippen LogP) is -0.880. The van der Waals surface area contributed by atoms with E-state index in [1.54, 1.807) is 7.05 Å². The Morgan fingerprint density at radius 3 is 2.31 bits per heavy atom. The van der Waals surface area contributed by atoms with Crippen molar-refractivity contribution >= 4 is 15.9 Å². The maximum Gasteiger partial charge on any atom is 0.240 e. The lowest BCUT2D eigenvalue weighted by molar-refractivity contribution is -0.131. The van der Waals surface area contributed by atoms with Gasteiger partial charge in [-0.15, -0.1) is 0 Å². The van der Waals surface area contributed by atoms with Crippen LogP contribution in [0.5, 0.6) is 0 Å². The Morgan fingerprint density at radius 1 is 1.44 bits per heavy atom. The summed E-state index contributed by atoms with van der Waals surface area (Å²) in [7, 11) is -1.89. The Bertz CT molecular complexity index is 329. The van der Waals surface area contributed by atoms with Crippen LogP contribution in [-0.2, 0) is 14.8 Å². The highest BCUT2D eigenvalue weighted by Gasteiger charge is 2.25. The molecule has 0 radical (unpaired) electrons.